The summed E-state index contributed by atoms with van der Waals surface area (Å²) < 4.78 is 1.94. The molecule has 0 amide bonds. The highest BCUT2D eigenvalue weighted by Gasteiger charge is 2.13. The normalized spacial score (nSPS) is 11.2. The van der Waals surface area contributed by atoms with Crippen LogP contribution in [0.5, 0.6) is 0 Å². The molecule has 3 nitrogen and oxygen atoms in total. The molecular formula is C17H13N3. The molecule has 0 aliphatic rings. The molecule has 20 heavy (non-hydrogen) atoms. The summed E-state index contributed by atoms with van der Waals surface area (Å²) in [6.07, 6.45) is 1.92. The van der Waals surface area contributed by atoms with Gasteiger partial charge in [-0.15, -0.1) is 0 Å². The molecule has 0 aliphatic heterocycles. The minimum absolute atomic E-state index is 0.984. The largest absolute Gasteiger partial charge is 0.267 e. The van der Waals surface area contributed by atoms with Crippen molar-refractivity contribution in [3.05, 3.63) is 60.8 Å². The van der Waals surface area contributed by atoms with Gasteiger partial charge in [0, 0.05) is 29.6 Å². The lowest BCUT2D eigenvalue weighted by atomic mass is 10.1. The van der Waals surface area contributed by atoms with E-state index in [0.717, 1.165) is 33.1 Å². The van der Waals surface area contributed by atoms with Crippen molar-refractivity contribution in [2.75, 3.05) is 0 Å². The highest BCUT2D eigenvalue weighted by Crippen LogP contribution is 2.31. The quantitative estimate of drug-likeness (QED) is 0.520. The molecule has 2 heterocycles. The van der Waals surface area contributed by atoms with Gasteiger partial charge in [0.15, 0.2) is 0 Å². The van der Waals surface area contributed by atoms with Crippen LogP contribution in [0.2, 0.25) is 0 Å². The molecule has 4 aromatic rings. The molecule has 2 aromatic carbocycles. The van der Waals surface area contributed by atoms with Gasteiger partial charge in [0.1, 0.15) is 5.52 Å². The van der Waals surface area contributed by atoms with Crippen molar-refractivity contribution in [3.8, 4) is 11.3 Å². The average molecular weight is 259 g/mol. The Balaban J connectivity index is 2.13. The Morgan fingerprint density at radius 2 is 1.60 bits per heavy atom. The van der Waals surface area contributed by atoms with Crippen molar-refractivity contribution in [1.29, 1.82) is 0 Å². The number of nitrogens with zero attached hydrogens (tertiary/aromatic N) is 3. The third-order valence-electron chi connectivity index (χ3n) is 3.62. The predicted octanol–water partition coefficient (Wildman–Crippen LogP) is 3.79. The van der Waals surface area contributed by atoms with Crippen LogP contribution in [0.4, 0.5) is 0 Å². The van der Waals surface area contributed by atoms with Crippen LogP contribution in [0, 0.1) is 0 Å². The average Bonchev–Trinajstić information content (AvgIpc) is 2.84. The Kier molecular flexibility index (Phi) is 2.33. The highest BCUT2D eigenvalue weighted by atomic mass is 15.3. The molecule has 0 atom stereocenters. The van der Waals surface area contributed by atoms with E-state index in [-0.39, 0.29) is 0 Å². The summed E-state index contributed by atoms with van der Waals surface area (Å²) in [7, 11) is 1.98. The fourth-order valence-corrected chi connectivity index (χ4v) is 2.72. The number of hydrogen-bond donors (Lipinski definition) is 0. The third-order valence-corrected chi connectivity index (χ3v) is 3.62. The number of hydrogen-bond acceptors (Lipinski definition) is 2. The summed E-state index contributed by atoms with van der Waals surface area (Å²) in [5.41, 5.74) is 4.27. The zero-order valence-electron chi connectivity index (χ0n) is 11.1. The van der Waals surface area contributed by atoms with Crippen LogP contribution in [0.1, 0.15) is 0 Å². The fraction of sp³-hybridized carbons (Fsp3) is 0.0588. The standard InChI is InChI=1S/C17H13N3/c1-20-17(12-7-3-2-4-8-12)14-11-18-15-10-6-5-9-13(15)16(14)19-20/h2-11H,1H3. The first kappa shape index (κ1) is 11.2. The van der Waals surface area contributed by atoms with Crippen molar-refractivity contribution in [1.82, 2.24) is 14.8 Å². The van der Waals surface area contributed by atoms with E-state index >= 15 is 0 Å². The summed E-state index contributed by atoms with van der Waals surface area (Å²) >= 11 is 0. The molecule has 0 fully saturated rings. The van der Waals surface area contributed by atoms with Crippen LogP contribution in [-0.4, -0.2) is 14.8 Å². The van der Waals surface area contributed by atoms with Gasteiger partial charge in [0.2, 0.25) is 0 Å². The van der Waals surface area contributed by atoms with Crippen LogP contribution >= 0.6 is 0 Å². The highest BCUT2D eigenvalue weighted by molar-refractivity contribution is 6.07. The minimum atomic E-state index is 0.984. The van der Waals surface area contributed by atoms with Crippen molar-refractivity contribution in [2.45, 2.75) is 0 Å². The van der Waals surface area contributed by atoms with Crippen LogP contribution in [0.3, 0.4) is 0 Å². The Hall–Kier alpha value is -2.68. The summed E-state index contributed by atoms with van der Waals surface area (Å²) in [5, 5.41) is 6.89. The van der Waals surface area contributed by atoms with E-state index in [1.807, 2.05) is 54.3 Å². The van der Waals surface area contributed by atoms with Gasteiger partial charge in [0.05, 0.1) is 11.2 Å². The molecule has 0 bridgehead atoms. The SMILES string of the molecule is Cn1nc2c(cnc3ccccc32)c1-c1ccccc1. The molecular weight excluding hydrogens is 246 g/mol. The van der Waals surface area contributed by atoms with E-state index in [9.17, 15) is 0 Å². The van der Waals surface area contributed by atoms with Gasteiger partial charge >= 0.3 is 0 Å². The van der Waals surface area contributed by atoms with E-state index in [2.05, 4.69) is 23.2 Å². The molecule has 0 radical (unpaired) electrons. The molecule has 96 valence electrons. The van der Waals surface area contributed by atoms with Crippen molar-refractivity contribution in [3.63, 3.8) is 0 Å². The van der Waals surface area contributed by atoms with Gasteiger partial charge in [-0.25, -0.2) is 0 Å². The van der Waals surface area contributed by atoms with Gasteiger partial charge in [-0.3, -0.25) is 9.67 Å². The monoisotopic (exact) mass is 259 g/mol. The number of para-hydroxylation sites is 1. The minimum Gasteiger partial charge on any atom is -0.267 e. The summed E-state index contributed by atoms with van der Waals surface area (Å²) in [5.74, 6) is 0. The third kappa shape index (κ3) is 1.53. The molecule has 4 rings (SSSR count). The molecule has 0 N–H and O–H groups in total. The second-order valence-electron chi connectivity index (χ2n) is 4.88. The van der Waals surface area contributed by atoms with Crippen LogP contribution in [0.25, 0.3) is 33.1 Å². The zero-order chi connectivity index (χ0) is 13.5. The van der Waals surface area contributed by atoms with Gasteiger partial charge in [-0.1, -0.05) is 48.5 Å². The molecule has 0 unspecified atom stereocenters. The summed E-state index contributed by atoms with van der Waals surface area (Å²) in [6.45, 7) is 0. The lowest BCUT2D eigenvalue weighted by Crippen LogP contribution is -1.93. The maximum absolute atomic E-state index is 4.69. The Morgan fingerprint density at radius 1 is 0.850 bits per heavy atom. The van der Waals surface area contributed by atoms with E-state index in [0.29, 0.717) is 0 Å². The number of rotatable bonds is 1. The first-order valence-corrected chi connectivity index (χ1v) is 6.60. The second kappa shape index (κ2) is 4.17. The Bertz CT molecular complexity index is 907. The van der Waals surface area contributed by atoms with E-state index in [4.69, 9.17) is 5.10 Å². The maximum atomic E-state index is 4.69. The number of aromatic nitrogens is 3. The van der Waals surface area contributed by atoms with Gasteiger partial charge in [0.25, 0.3) is 0 Å². The van der Waals surface area contributed by atoms with E-state index in [1.54, 1.807) is 0 Å². The smallest absolute Gasteiger partial charge is 0.104 e. The van der Waals surface area contributed by atoms with Crippen LogP contribution in [0.15, 0.2) is 60.8 Å². The molecule has 0 aliphatic carbocycles. The van der Waals surface area contributed by atoms with E-state index < -0.39 is 0 Å². The number of fused-ring (bicyclic) bond motifs is 3. The number of pyridine rings is 1. The lowest BCUT2D eigenvalue weighted by molar-refractivity contribution is 0.789. The van der Waals surface area contributed by atoms with Crippen LogP contribution in [-0.2, 0) is 7.05 Å². The zero-order valence-corrected chi connectivity index (χ0v) is 11.1. The number of aryl methyl sites for hydroxylation is 1. The number of benzene rings is 2. The van der Waals surface area contributed by atoms with Gasteiger partial charge in [-0.05, 0) is 6.07 Å². The first-order chi connectivity index (χ1) is 9.84. The second-order valence-corrected chi connectivity index (χ2v) is 4.88. The topological polar surface area (TPSA) is 30.7 Å². The van der Waals surface area contributed by atoms with Crippen molar-refractivity contribution < 1.29 is 0 Å². The molecule has 3 heteroatoms. The molecule has 0 saturated carbocycles. The Labute approximate surface area is 116 Å². The van der Waals surface area contributed by atoms with Crippen LogP contribution < -0.4 is 0 Å². The first-order valence-electron chi connectivity index (χ1n) is 6.60. The molecule has 2 aromatic heterocycles. The lowest BCUT2D eigenvalue weighted by Gasteiger charge is -2.02. The van der Waals surface area contributed by atoms with Crippen molar-refractivity contribution >= 4 is 21.8 Å². The van der Waals surface area contributed by atoms with Gasteiger partial charge < -0.3 is 0 Å². The maximum Gasteiger partial charge on any atom is 0.104 e. The Morgan fingerprint density at radius 3 is 2.45 bits per heavy atom. The van der Waals surface area contributed by atoms with E-state index in [1.165, 1.54) is 0 Å². The molecule has 0 spiro atoms. The summed E-state index contributed by atoms with van der Waals surface area (Å²) in [4.78, 5) is 4.56. The van der Waals surface area contributed by atoms with Crippen molar-refractivity contribution in [2.24, 2.45) is 7.05 Å². The predicted molar refractivity (Wildman–Crippen MR) is 81.5 cm³/mol. The summed E-state index contributed by atoms with van der Waals surface area (Å²) in [6, 6.07) is 18.4. The van der Waals surface area contributed by atoms with Gasteiger partial charge in [-0.2, -0.15) is 5.10 Å². The molecule has 0 saturated heterocycles. The fourth-order valence-electron chi connectivity index (χ4n) is 2.72.